The quantitative estimate of drug-likeness (QED) is 0.727. The number of hydrogen-bond acceptors (Lipinski definition) is 5. The minimum atomic E-state index is -1.66. The van der Waals surface area contributed by atoms with Gasteiger partial charge in [-0.1, -0.05) is 24.1 Å². The second kappa shape index (κ2) is 7.36. The molecule has 5 rings (SSSR count). The number of carbonyl (C=O) groups is 2. The Labute approximate surface area is 190 Å². The first-order valence-electron chi connectivity index (χ1n) is 10.5. The zero-order valence-electron chi connectivity index (χ0n) is 17.6. The van der Waals surface area contributed by atoms with Crippen molar-refractivity contribution in [3.05, 3.63) is 82.6 Å². The maximum atomic E-state index is 14.1. The number of anilines is 2. The van der Waals surface area contributed by atoms with Crippen LogP contribution in [0, 0.1) is 29.5 Å². The van der Waals surface area contributed by atoms with Gasteiger partial charge in [-0.15, -0.1) is 6.42 Å². The number of ketones is 1. The second-order valence-corrected chi connectivity index (χ2v) is 8.14. The normalized spacial score (nSPS) is 21.8. The van der Waals surface area contributed by atoms with E-state index < -0.39 is 17.1 Å². The van der Waals surface area contributed by atoms with Gasteiger partial charge in [0, 0.05) is 34.6 Å². The highest BCUT2D eigenvalue weighted by Crippen LogP contribution is 2.56. The lowest BCUT2D eigenvalue weighted by atomic mass is 9.64. The third kappa shape index (κ3) is 2.60. The van der Waals surface area contributed by atoms with Crippen molar-refractivity contribution in [2.75, 3.05) is 16.3 Å². The van der Waals surface area contributed by atoms with Crippen molar-refractivity contribution in [1.82, 2.24) is 0 Å². The van der Waals surface area contributed by atoms with Crippen LogP contribution in [0.2, 0.25) is 0 Å². The van der Waals surface area contributed by atoms with Crippen LogP contribution in [0.4, 0.5) is 15.8 Å². The van der Waals surface area contributed by atoms with Gasteiger partial charge in [-0.3, -0.25) is 19.4 Å². The molecule has 2 heterocycles. The lowest BCUT2D eigenvalue weighted by Crippen LogP contribution is -2.52. The molecule has 6 nitrogen and oxygen atoms in total. The van der Waals surface area contributed by atoms with Gasteiger partial charge in [0.25, 0.3) is 0 Å². The number of rotatable bonds is 2. The summed E-state index contributed by atoms with van der Waals surface area (Å²) in [7, 11) is 0. The molecule has 1 spiro atoms. The van der Waals surface area contributed by atoms with Gasteiger partial charge in [-0.25, -0.2) is 4.39 Å². The number of terminal acetylenes is 1. The summed E-state index contributed by atoms with van der Waals surface area (Å²) in [6, 6.07) is 14.8. The Kier molecular flexibility index (Phi) is 4.58. The number of para-hydroxylation sites is 1. The number of Topliss-reactive ketones (excluding diaryl/α,β-unsaturated/α-hetero) is 1. The summed E-state index contributed by atoms with van der Waals surface area (Å²) in [6.07, 6.45) is 6.85. The molecule has 0 aromatic heterocycles. The predicted octanol–water partition coefficient (Wildman–Crippen LogP) is 3.26. The molecular weight excluding hydrogens is 419 g/mol. The van der Waals surface area contributed by atoms with E-state index in [2.05, 4.69) is 12.0 Å². The van der Waals surface area contributed by atoms with Crippen molar-refractivity contribution in [2.45, 2.75) is 24.7 Å². The molecule has 33 heavy (non-hydrogen) atoms. The summed E-state index contributed by atoms with van der Waals surface area (Å²) in [5.41, 5.74) is 7.29. The van der Waals surface area contributed by atoms with Crippen LogP contribution in [0.25, 0.3) is 0 Å². The van der Waals surface area contributed by atoms with Gasteiger partial charge in [0.1, 0.15) is 23.1 Å². The van der Waals surface area contributed by atoms with Crippen molar-refractivity contribution >= 4 is 23.1 Å². The summed E-state index contributed by atoms with van der Waals surface area (Å²) >= 11 is 0. The standard InChI is InChI=1S/C26H19FN4O2/c1-2-14-30-20-7-4-3-6-18(20)26(25(30)33)19(15-28)24(29)31(17-12-10-16(27)11-13-17)21-8-5-9-22(32)23(21)26/h1,3-4,6-7,10-13H,5,8-9,14,29H2/t26-/m0/s1. The number of amides is 1. The van der Waals surface area contributed by atoms with E-state index in [4.69, 9.17) is 12.2 Å². The van der Waals surface area contributed by atoms with Gasteiger partial charge in [0.15, 0.2) is 5.78 Å². The van der Waals surface area contributed by atoms with Crippen LogP contribution in [0.3, 0.4) is 0 Å². The molecule has 7 heteroatoms. The Bertz CT molecular complexity index is 1360. The van der Waals surface area contributed by atoms with E-state index in [1.165, 1.54) is 29.2 Å². The molecule has 1 amide bonds. The fourth-order valence-electron chi connectivity index (χ4n) is 5.26. The van der Waals surface area contributed by atoms with Crippen molar-refractivity contribution in [2.24, 2.45) is 5.73 Å². The van der Waals surface area contributed by atoms with E-state index in [0.29, 0.717) is 35.5 Å². The highest BCUT2D eigenvalue weighted by atomic mass is 19.1. The van der Waals surface area contributed by atoms with Crippen LogP contribution in [0.1, 0.15) is 24.8 Å². The van der Waals surface area contributed by atoms with Gasteiger partial charge in [0.2, 0.25) is 5.91 Å². The minimum absolute atomic E-state index is 0.00527. The monoisotopic (exact) mass is 438 g/mol. The first-order chi connectivity index (χ1) is 16.0. The van der Waals surface area contributed by atoms with Gasteiger partial charge in [-0.05, 0) is 43.2 Å². The van der Waals surface area contributed by atoms with E-state index in [0.717, 1.165) is 0 Å². The molecule has 1 aliphatic carbocycles. The molecule has 0 fully saturated rings. The Morgan fingerprint density at radius 3 is 2.55 bits per heavy atom. The van der Waals surface area contributed by atoms with Gasteiger partial charge < -0.3 is 5.73 Å². The third-order valence-corrected chi connectivity index (χ3v) is 6.51. The Balaban J connectivity index is 1.88. The summed E-state index contributed by atoms with van der Waals surface area (Å²) in [4.78, 5) is 30.6. The number of hydrogen-bond donors (Lipinski definition) is 1. The Morgan fingerprint density at radius 1 is 1.12 bits per heavy atom. The summed E-state index contributed by atoms with van der Waals surface area (Å²) in [5.74, 6) is 1.45. The molecule has 1 atom stereocenters. The van der Waals surface area contributed by atoms with Crippen molar-refractivity contribution < 1.29 is 14.0 Å². The van der Waals surface area contributed by atoms with Gasteiger partial charge in [-0.2, -0.15) is 5.26 Å². The second-order valence-electron chi connectivity index (χ2n) is 8.14. The third-order valence-electron chi connectivity index (χ3n) is 6.51. The van der Waals surface area contributed by atoms with Gasteiger partial charge >= 0.3 is 0 Å². The number of fused-ring (bicyclic) bond motifs is 3. The van der Waals surface area contributed by atoms with Crippen molar-refractivity contribution in [3.8, 4) is 18.4 Å². The molecular formula is C26H19FN4O2. The molecule has 2 N–H and O–H groups in total. The highest BCUT2D eigenvalue weighted by molar-refractivity contribution is 6.20. The molecule has 0 unspecified atom stereocenters. The molecule has 2 aliphatic heterocycles. The van der Waals surface area contributed by atoms with Crippen LogP contribution in [-0.4, -0.2) is 18.2 Å². The summed E-state index contributed by atoms with van der Waals surface area (Å²) in [6.45, 7) is -0.00527. The number of nitrogens with zero attached hydrogens (tertiary/aromatic N) is 3. The van der Waals surface area contributed by atoms with E-state index >= 15 is 0 Å². The zero-order valence-corrected chi connectivity index (χ0v) is 17.6. The topological polar surface area (TPSA) is 90.4 Å². The van der Waals surface area contributed by atoms with Gasteiger partial charge in [0.05, 0.1) is 12.1 Å². The molecule has 0 bridgehead atoms. The summed E-state index contributed by atoms with van der Waals surface area (Å²) in [5, 5.41) is 10.3. The highest BCUT2D eigenvalue weighted by Gasteiger charge is 2.62. The SMILES string of the molecule is C#CCN1C(=O)[C@]2(C(C#N)=C(N)N(c3ccc(F)cc3)C3=C2C(=O)CCC3)c2ccccc21. The number of nitriles is 1. The molecule has 0 radical (unpaired) electrons. The van der Waals surface area contributed by atoms with E-state index in [1.807, 2.05) is 0 Å². The number of carbonyl (C=O) groups excluding carboxylic acids is 2. The summed E-state index contributed by atoms with van der Waals surface area (Å²) < 4.78 is 13.6. The molecule has 2 aromatic carbocycles. The number of nitrogens with two attached hydrogens (primary N) is 1. The Morgan fingerprint density at radius 2 is 1.85 bits per heavy atom. The van der Waals surface area contributed by atoms with Crippen LogP contribution < -0.4 is 15.5 Å². The minimum Gasteiger partial charge on any atom is -0.384 e. The number of allylic oxidation sites excluding steroid dienone is 1. The molecule has 162 valence electrons. The molecule has 3 aliphatic rings. The van der Waals surface area contributed by atoms with Crippen molar-refractivity contribution in [3.63, 3.8) is 0 Å². The van der Waals surface area contributed by atoms with Crippen LogP contribution in [0.5, 0.6) is 0 Å². The lowest BCUT2D eigenvalue weighted by molar-refractivity contribution is -0.124. The lowest BCUT2D eigenvalue weighted by Gasteiger charge is -2.43. The first kappa shape index (κ1) is 20.5. The maximum absolute atomic E-state index is 14.1. The van der Waals surface area contributed by atoms with E-state index in [-0.39, 0.29) is 35.7 Å². The van der Waals surface area contributed by atoms with Crippen LogP contribution >= 0.6 is 0 Å². The fourth-order valence-corrected chi connectivity index (χ4v) is 5.26. The average Bonchev–Trinajstić information content (AvgIpc) is 3.05. The molecule has 0 saturated heterocycles. The predicted molar refractivity (Wildman–Crippen MR) is 121 cm³/mol. The Hall–Kier alpha value is -4.36. The van der Waals surface area contributed by atoms with E-state index in [9.17, 15) is 19.2 Å². The van der Waals surface area contributed by atoms with Crippen LogP contribution in [-0.2, 0) is 15.0 Å². The molecule has 0 saturated carbocycles. The maximum Gasteiger partial charge on any atom is 0.248 e. The number of benzene rings is 2. The first-order valence-corrected chi connectivity index (χ1v) is 10.5. The fraction of sp³-hybridized carbons (Fsp3) is 0.192. The van der Waals surface area contributed by atoms with Crippen molar-refractivity contribution in [1.29, 1.82) is 5.26 Å². The molecule has 2 aromatic rings. The zero-order chi connectivity index (χ0) is 23.3. The number of halogens is 1. The van der Waals surface area contributed by atoms with Crippen LogP contribution in [0.15, 0.2) is 71.2 Å². The smallest absolute Gasteiger partial charge is 0.248 e. The average molecular weight is 438 g/mol. The largest absolute Gasteiger partial charge is 0.384 e. The van der Waals surface area contributed by atoms with E-state index in [1.54, 1.807) is 29.2 Å².